The highest BCUT2D eigenvalue weighted by molar-refractivity contribution is 5.71. The number of hydrogen-bond acceptors (Lipinski definition) is 6. The molecule has 0 aliphatic rings. The first-order valence-corrected chi connectivity index (χ1v) is 23.0. The molecule has 0 saturated carbocycles. The molecule has 0 rings (SSSR count). The van der Waals surface area contributed by atoms with Gasteiger partial charge in [-0.3, -0.25) is 14.4 Å². The second-order valence-electron chi connectivity index (χ2n) is 15.7. The molecule has 0 unspecified atom stereocenters. The van der Waals surface area contributed by atoms with Gasteiger partial charge in [0.15, 0.2) is 6.10 Å². The Labute approximate surface area is 323 Å². The zero-order chi connectivity index (χ0) is 38.0. The molecule has 0 aliphatic heterocycles. The molecule has 0 aromatic carbocycles. The van der Waals surface area contributed by atoms with Crippen LogP contribution in [0.4, 0.5) is 0 Å². The van der Waals surface area contributed by atoms with Gasteiger partial charge in [0.2, 0.25) is 0 Å². The number of carbonyl (C=O) groups excluding carboxylic acids is 3. The second-order valence-corrected chi connectivity index (χ2v) is 15.7. The Kier molecular flexibility index (Phi) is 40.9. The summed E-state index contributed by atoms with van der Waals surface area (Å²) in [4.78, 5) is 37.4. The van der Waals surface area contributed by atoms with Crippen molar-refractivity contribution in [2.75, 3.05) is 13.2 Å². The van der Waals surface area contributed by atoms with Crippen molar-refractivity contribution in [3.63, 3.8) is 0 Å². The van der Waals surface area contributed by atoms with Crippen LogP contribution in [0.3, 0.4) is 0 Å². The summed E-state index contributed by atoms with van der Waals surface area (Å²) < 4.78 is 16.6. The van der Waals surface area contributed by atoms with Gasteiger partial charge < -0.3 is 14.2 Å². The van der Waals surface area contributed by atoms with Crippen LogP contribution in [-0.2, 0) is 28.6 Å². The van der Waals surface area contributed by atoms with Gasteiger partial charge >= 0.3 is 17.9 Å². The van der Waals surface area contributed by atoms with E-state index in [1.807, 2.05) is 0 Å². The van der Waals surface area contributed by atoms with Crippen LogP contribution < -0.4 is 0 Å². The fourth-order valence-corrected chi connectivity index (χ4v) is 6.85. The van der Waals surface area contributed by atoms with Crippen LogP contribution in [0.25, 0.3) is 0 Å². The van der Waals surface area contributed by atoms with Crippen molar-refractivity contribution in [2.45, 2.75) is 264 Å². The van der Waals surface area contributed by atoms with E-state index in [1.165, 1.54) is 154 Å². The monoisotopic (exact) mass is 737 g/mol. The van der Waals surface area contributed by atoms with Crippen molar-refractivity contribution < 1.29 is 28.6 Å². The summed E-state index contributed by atoms with van der Waals surface area (Å²) in [7, 11) is 0. The van der Waals surface area contributed by atoms with E-state index in [-0.39, 0.29) is 31.1 Å². The molecule has 0 N–H and O–H groups in total. The fourth-order valence-electron chi connectivity index (χ4n) is 6.85. The predicted octanol–water partition coefficient (Wildman–Crippen LogP) is 14.5. The third kappa shape index (κ3) is 39.6. The second kappa shape index (κ2) is 42.2. The molecular weight excluding hydrogens is 648 g/mol. The van der Waals surface area contributed by atoms with E-state index in [0.29, 0.717) is 19.3 Å². The Bertz CT molecular complexity index is 768. The minimum absolute atomic E-state index is 0.0637. The number of rotatable bonds is 42. The van der Waals surface area contributed by atoms with Crippen molar-refractivity contribution in [1.82, 2.24) is 0 Å². The summed E-state index contributed by atoms with van der Waals surface area (Å²) in [5, 5.41) is 0. The average molecular weight is 737 g/mol. The normalized spacial score (nSPS) is 11.8. The van der Waals surface area contributed by atoms with E-state index in [4.69, 9.17) is 14.2 Å². The minimum Gasteiger partial charge on any atom is -0.462 e. The van der Waals surface area contributed by atoms with Crippen LogP contribution >= 0.6 is 0 Å². The number of esters is 3. The minimum atomic E-state index is -0.756. The largest absolute Gasteiger partial charge is 0.462 e. The summed E-state index contributed by atoms with van der Waals surface area (Å²) in [5.41, 5.74) is 0. The summed E-state index contributed by atoms with van der Waals surface area (Å²) in [6.07, 6.45) is 42.6. The van der Waals surface area contributed by atoms with Crippen LogP contribution in [0.1, 0.15) is 258 Å². The Morgan fingerprint density at radius 3 is 0.769 bits per heavy atom. The highest BCUT2D eigenvalue weighted by atomic mass is 16.6. The van der Waals surface area contributed by atoms with E-state index in [9.17, 15) is 14.4 Å². The van der Waals surface area contributed by atoms with Gasteiger partial charge in [-0.15, -0.1) is 0 Å². The molecule has 0 aromatic rings. The van der Waals surface area contributed by atoms with Gasteiger partial charge in [-0.05, 0) is 19.3 Å². The van der Waals surface area contributed by atoms with E-state index < -0.39 is 6.10 Å². The van der Waals surface area contributed by atoms with Crippen LogP contribution in [0, 0.1) is 0 Å². The lowest BCUT2D eigenvalue weighted by atomic mass is 10.0. The Hall–Kier alpha value is -1.59. The van der Waals surface area contributed by atoms with Crippen molar-refractivity contribution in [3.8, 4) is 0 Å². The molecule has 0 bridgehead atoms. The number of hydrogen-bond donors (Lipinski definition) is 0. The molecule has 0 saturated heterocycles. The van der Waals surface area contributed by atoms with Crippen molar-refractivity contribution >= 4 is 17.9 Å². The molecule has 0 aliphatic carbocycles. The molecule has 6 heteroatoms. The van der Waals surface area contributed by atoms with Crippen LogP contribution in [0.2, 0.25) is 0 Å². The Morgan fingerprint density at radius 1 is 0.308 bits per heavy atom. The topological polar surface area (TPSA) is 78.9 Å². The Balaban J connectivity index is 4.14. The summed E-state index contributed by atoms with van der Waals surface area (Å²) in [5.74, 6) is -0.865. The molecule has 52 heavy (non-hydrogen) atoms. The third-order valence-electron chi connectivity index (χ3n) is 10.4. The lowest BCUT2D eigenvalue weighted by Crippen LogP contribution is -2.30. The highest BCUT2D eigenvalue weighted by Gasteiger charge is 2.19. The maximum Gasteiger partial charge on any atom is 0.306 e. The molecule has 308 valence electrons. The highest BCUT2D eigenvalue weighted by Crippen LogP contribution is 2.16. The average Bonchev–Trinajstić information content (AvgIpc) is 3.14. The molecule has 0 radical (unpaired) electrons. The SMILES string of the molecule is CCCCCCCCCCCCCCCCCCCC(=O)OC[C@H](COC(=O)CCCCCCC)OC(=O)CCCCCCCCCCCCCC. The molecule has 0 heterocycles. The van der Waals surface area contributed by atoms with Gasteiger partial charge in [-0.1, -0.05) is 220 Å². The van der Waals surface area contributed by atoms with E-state index in [1.54, 1.807) is 0 Å². The molecule has 0 amide bonds. The molecular formula is C46H88O6. The molecule has 0 spiro atoms. The molecule has 1 atom stereocenters. The summed E-state index contributed by atoms with van der Waals surface area (Å²) >= 11 is 0. The first-order chi connectivity index (χ1) is 25.5. The smallest absolute Gasteiger partial charge is 0.306 e. The Morgan fingerprint density at radius 2 is 0.519 bits per heavy atom. The zero-order valence-electron chi connectivity index (χ0n) is 35.1. The lowest BCUT2D eigenvalue weighted by Gasteiger charge is -2.18. The van der Waals surface area contributed by atoms with E-state index in [0.717, 1.165) is 64.2 Å². The lowest BCUT2D eigenvalue weighted by molar-refractivity contribution is -0.167. The van der Waals surface area contributed by atoms with E-state index in [2.05, 4.69) is 20.8 Å². The van der Waals surface area contributed by atoms with Crippen LogP contribution in [0.15, 0.2) is 0 Å². The van der Waals surface area contributed by atoms with Gasteiger partial charge in [-0.2, -0.15) is 0 Å². The first-order valence-electron chi connectivity index (χ1n) is 23.0. The third-order valence-corrected chi connectivity index (χ3v) is 10.4. The van der Waals surface area contributed by atoms with Gasteiger partial charge in [0.25, 0.3) is 0 Å². The van der Waals surface area contributed by atoms with Gasteiger partial charge in [-0.25, -0.2) is 0 Å². The number of ether oxygens (including phenoxy) is 3. The van der Waals surface area contributed by atoms with Gasteiger partial charge in [0, 0.05) is 19.3 Å². The number of unbranched alkanes of at least 4 members (excludes halogenated alkanes) is 31. The quantitative estimate of drug-likeness (QED) is 0.0353. The number of carbonyl (C=O) groups is 3. The van der Waals surface area contributed by atoms with Crippen LogP contribution in [-0.4, -0.2) is 37.2 Å². The van der Waals surface area contributed by atoms with Gasteiger partial charge in [0.05, 0.1) is 0 Å². The van der Waals surface area contributed by atoms with Crippen LogP contribution in [0.5, 0.6) is 0 Å². The fraction of sp³-hybridized carbons (Fsp3) is 0.935. The van der Waals surface area contributed by atoms with Crippen molar-refractivity contribution in [2.24, 2.45) is 0 Å². The first kappa shape index (κ1) is 50.4. The summed E-state index contributed by atoms with van der Waals surface area (Å²) in [6, 6.07) is 0. The van der Waals surface area contributed by atoms with Crippen molar-refractivity contribution in [1.29, 1.82) is 0 Å². The predicted molar refractivity (Wildman–Crippen MR) is 220 cm³/mol. The van der Waals surface area contributed by atoms with Crippen molar-refractivity contribution in [3.05, 3.63) is 0 Å². The molecule has 6 nitrogen and oxygen atoms in total. The zero-order valence-corrected chi connectivity index (χ0v) is 35.1. The molecule has 0 aromatic heterocycles. The maximum absolute atomic E-state index is 12.6. The van der Waals surface area contributed by atoms with Gasteiger partial charge in [0.1, 0.15) is 13.2 Å². The standard InChI is InChI=1S/C46H88O6/c1-4-7-10-13-15-17-19-21-22-23-24-25-27-28-30-33-36-39-45(48)51-42-43(41-50-44(47)38-35-32-12-9-6-3)52-46(49)40-37-34-31-29-26-20-18-16-14-11-8-5-2/h43H,4-42H2,1-3H3/t43-/m0/s1. The van der Waals surface area contributed by atoms with E-state index >= 15 is 0 Å². The maximum atomic E-state index is 12.6. The molecule has 0 fully saturated rings. The summed E-state index contributed by atoms with van der Waals surface area (Å²) in [6.45, 7) is 6.57.